The highest BCUT2D eigenvalue weighted by Crippen LogP contribution is 2.28. The van der Waals surface area contributed by atoms with Crippen molar-refractivity contribution < 1.29 is 17.9 Å². The second kappa shape index (κ2) is 10.3. The highest BCUT2D eigenvalue weighted by molar-refractivity contribution is 7.90. The number of nitrogens with zero attached hydrogens (tertiary/aromatic N) is 4. The molecule has 1 unspecified atom stereocenters. The molecule has 9 nitrogen and oxygen atoms in total. The van der Waals surface area contributed by atoms with E-state index in [2.05, 4.69) is 20.8 Å². The molecule has 170 valence electrons. The van der Waals surface area contributed by atoms with Gasteiger partial charge in [-0.2, -0.15) is 0 Å². The number of benzene rings is 2. The summed E-state index contributed by atoms with van der Waals surface area (Å²) in [6, 6.07) is 10.1. The van der Waals surface area contributed by atoms with Crippen LogP contribution in [-0.4, -0.2) is 60.2 Å². The molecule has 0 aliphatic rings. The van der Waals surface area contributed by atoms with E-state index >= 15 is 0 Å². The minimum atomic E-state index is -3.19. The van der Waals surface area contributed by atoms with Crippen LogP contribution in [0.3, 0.4) is 0 Å². The van der Waals surface area contributed by atoms with Crippen molar-refractivity contribution in [1.82, 2.24) is 25.5 Å². The average Bonchev–Trinajstić information content (AvgIpc) is 3.29. The number of hydrogen-bond acceptors (Lipinski definition) is 7. The molecule has 0 spiro atoms. The minimum Gasteiger partial charge on any atom is -0.496 e. The van der Waals surface area contributed by atoms with Gasteiger partial charge in [0.2, 0.25) is 0 Å². The Morgan fingerprint density at radius 2 is 1.97 bits per heavy atom. The maximum atomic E-state index is 13.0. The summed E-state index contributed by atoms with van der Waals surface area (Å²) in [4.78, 5) is 13.0. The number of ether oxygens (including phenoxy) is 1. The molecule has 3 rings (SSSR count). The van der Waals surface area contributed by atoms with E-state index in [4.69, 9.17) is 27.9 Å². The van der Waals surface area contributed by atoms with Crippen molar-refractivity contribution in [2.75, 3.05) is 25.7 Å². The molecule has 1 aromatic heterocycles. The first-order valence-corrected chi connectivity index (χ1v) is 12.3. The molecule has 0 aliphatic heterocycles. The van der Waals surface area contributed by atoms with Crippen LogP contribution < -0.4 is 10.1 Å². The van der Waals surface area contributed by atoms with Gasteiger partial charge in [-0.15, -0.1) is 5.10 Å². The molecule has 32 heavy (non-hydrogen) atoms. The summed E-state index contributed by atoms with van der Waals surface area (Å²) >= 11 is 12.1. The lowest BCUT2D eigenvalue weighted by atomic mass is 9.96. The van der Waals surface area contributed by atoms with Gasteiger partial charge in [0.05, 0.1) is 34.2 Å². The molecule has 0 aliphatic carbocycles. The van der Waals surface area contributed by atoms with E-state index in [1.54, 1.807) is 36.4 Å². The van der Waals surface area contributed by atoms with Gasteiger partial charge < -0.3 is 10.1 Å². The van der Waals surface area contributed by atoms with Crippen LogP contribution in [0.4, 0.5) is 0 Å². The second-order valence-corrected chi connectivity index (χ2v) is 10.2. The third kappa shape index (κ3) is 6.18. The van der Waals surface area contributed by atoms with Crippen LogP contribution >= 0.6 is 23.2 Å². The monoisotopic (exact) mass is 497 g/mol. The smallest absolute Gasteiger partial charge is 0.255 e. The van der Waals surface area contributed by atoms with E-state index in [1.165, 1.54) is 24.4 Å². The van der Waals surface area contributed by atoms with Crippen LogP contribution in [0.5, 0.6) is 5.75 Å². The molecule has 12 heteroatoms. The summed E-state index contributed by atoms with van der Waals surface area (Å²) in [6.07, 6.45) is 2.89. The number of tetrazole rings is 1. The second-order valence-electron chi connectivity index (χ2n) is 7.14. The summed E-state index contributed by atoms with van der Waals surface area (Å²) in [7, 11) is -1.73. The zero-order chi connectivity index (χ0) is 23.3. The zero-order valence-electron chi connectivity index (χ0n) is 17.3. The third-order valence-electron chi connectivity index (χ3n) is 4.80. The Balaban J connectivity index is 1.82. The predicted molar refractivity (Wildman–Crippen MR) is 122 cm³/mol. The Bertz CT molecular complexity index is 1200. The highest BCUT2D eigenvalue weighted by atomic mass is 35.5. The average molecular weight is 498 g/mol. The third-order valence-corrected chi connectivity index (χ3v) is 6.52. The van der Waals surface area contributed by atoms with Crippen molar-refractivity contribution in [2.24, 2.45) is 0 Å². The van der Waals surface area contributed by atoms with Gasteiger partial charge in [0.1, 0.15) is 21.9 Å². The Hall–Kier alpha value is -2.69. The van der Waals surface area contributed by atoms with Crippen LogP contribution in [-0.2, 0) is 9.84 Å². The van der Waals surface area contributed by atoms with E-state index in [9.17, 15) is 13.2 Å². The zero-order valence-corrected chi connectivity index (χ0v) is 19.7. The standard InChI is InChI=1S/C20H21Cl2N5O4S/c1-31-19-6-4-15(27-12-24-25-26-27)10-16(19)20(28)23-11-14(7-8-32(2,29)30)13-3-5-17(21)18(22)9-13/h3-6,9-10,12,14H,7-8,11H2,1-2H3,(H,23,28). The molecule has 0 radical (unpaired) electrons. The molecule has 1 N–H and O–H groups in total. The number of methoxy groups -OCH3 is 1. The Kier molecular flexibility index (Phi) is 7.70. The van der Waals surface area contributed by atoms with Gasteiger partial charge in [0.15, 0.2) is 0 Å². The molecular weight excluding hydrogens is 477 g/mol. The molecule has 1 atom stereocenters. The molecule has 3 aromatic rings. The molecule has 0 bridgehead atoms. The fraction of sp³-hybridized carbons (Fsp3) is 0.300. The van der Waals surface area contributed by atoms with Crippen molar-refractivity contribution in [3.8, 4) is 11.4 Å². The summed E-state index contributed by atoms with van der Waals surface area (Å²) in [5.74, 6) is -0.341. The minimum absolute atomic E-state index is 0.0358. The van der Waals surface area contributed by atoms with E-state index in [-0.39, 0.29) is 29.7 Å². The number of halogens is 2. The van der Waals surface area contributed by atoms with Crippen molar-refractivity contribution in [3.05, 3.63) is 63.9 Å². The maximum Gasteiger partial charge on any atom is 0.255 e. The summed E-state index contributed by atoms with van der Waals surface area (Å²) in [5, 5.41) is 14.6. The van der Waals surface area contributed by atoms with Gasteiger partial charge in [-0.1, -0.05) is 29.3 Å². The van der Waals surface area contributed by atoms with Crippen LogP contribution in [0.2, 0.25) is 10.0 Å². The molecular formula is C20H21Cl2N5O4S. The van der Waals surface area contributed by atoms with Crippen molar-refractivity contribution in [3.63, 3.8) is 0 Å². The topological polar surface area (TPSA) is 116 Å². The van der Waals surface area contributed by atoms with E-state index in [1.807, 2.05) is 0 Å². The molecule has 2 aromatic carbocycles. The Labute approximate surface area is 195 Å². The lowest BCUT2D eigenvalue weighted by Gasteiger charge is -2.19. The van der Waals surface area contributed by atoms with Crippen molar-refractivity contribution >= 4 is 38.9 Å². The normalized spacial score (nSPS) is 12.4. The van der Waals surface area contributed by atoms with E-state index < -0.39 is 9.84 Å². The number of nitrogens with one attached hydrogen (secondary N) is 1. The van der Waals surface area contributed by atoms with Gasteiger partial charge >= 0.3 is 0 Å². The molecule has 0 fully saturated rings. The summed E-state index contributed by atoms with van der Waals surface area (Å²) < 4.78 is 30.2. The summed E-state index contributed by atoms with van der Waals surface area (Å²) in [5.41, 5.74) is 1.65. The SMILES string of the molecule is COc1ccc(-n2cnnn2)cc1C(=O)NCC(CCS(C)(=O)=O)c1ccc(Cl)c(Cl)c1. The largest absolute Gasteiger partial charge is 0.496 e. The van der Waals surface area contributed by atoms with Crippen LogP contribution in [0.1, 0.15) is 28.3 Å². The number of aromatic nitrogens is 4. The first-order valence-electron chi connectivity index (χ1n) is 9.50. The number of hydrogen-bond donors (Lipinski definition) is 1. The van der Waals surface area contributed by atoms with Crippen LogP contribution in [0.15, 0.2) is 42.7 Å². The number of carbonyl (C=O) groups excluding carboxylic acids is 1. The quantitative estimate of drug-likeness (QED) is 0.482. The van der Waals surface area contributed by atoms with Gasteiger partial charge in [-0.25, -0.2) is 13.1 Å². The van der Waals surface area contributed by atoms with E-state index in [0.717, 1.165) is 5.56 Å². The van der Waals surface area contributed by atoms with Crippen molar-refractivity contribution in [2.45, 2.75) is 12.3 Å². The molecule has 1 heterocycles. The highest BCUT2D eigenvalue weighted by Gasteiger charge is 2.19. The van der Waals surface area contributed by atoms with Gasteiger partial charge in [-0.05, 0) is 52.7 Å². The number of sulfone groups is 1. The molecule has 1 amide bonds. The lowest BCUT2D eigenvalue weighted by molar-refractivity contribution is 0.0948. The van der Waals surface area contributed by atoms with Crippen LogP contribution in [0.25, 0.3) is 5.69 Å². The molecule has 0 saturated carbocycles. The fourth-order valence-corrected chi connectivity index (χ4v) is 4.14. The first-order chi connectivity index (χ1) is 15.2. The van der Waals surface area contributed by atoms with Crippen molar-refractivity contribution in [1.29, 1.82) is 0 Å². The number of carbonyl (C=O) groups is 1. The van der Waals surface area contributed by atoms with Gasteiger partial charge in [0, 0.05) is 18.7 Å². The maximum absolute atomic E-state index is 13.0. The fourth-order valence-electron chi connectivity index (χ4n) is 3.12. The lowest BCUT2D eigenvalue weighted by Crippen LogP contribution is -2.29. The number of amides is 1. The van der Waals surface area contributed by atoms with E-state index in [0.29, 0.717) is 27.9 Å². The Morgan fingerprint density at radius 1 is 1.19 bits per heavy atom. The summed E-state index contributed by atoms with van der Waals surface area (Å²) in [6.45, 7) is 0.185. The van der Waals surface area contributed by atoms with Gasteiger partial charge in [0.25, 0.3) is 5.91 Å². The predicted octanol–water partition coefficient (Wildman–Crippen LogP) is 2.93. The van der Waals surface area contributed by atoms with Gasteiger partial charge in [-0.3, -0.25) is 4.79 Å². The van der Waals surface area contributed by atoms with Crippen LogP contribution in [0, 0.1) is 0 Å². The Morgan fingerprint density at radius 3 is 2.59 bits per heavy atom. The number of rotatable bonds is 9. The first kappa shape index (κ1) is 24.0. The molecule has 0 saturated heterocycles.